The van der Waals surface area contributed by atoms with E-state index in [-0.39, 0.29) is 12.2 Å². The molecule has 0 bridgehead atoms. The lowest BCUT2D eigenvalue weighted by atomic mass is 10.1. The van der Waals surface area contributed by atoms with Crippen molar-refractivity contribution >= 4 is 11.6 Å². The van der Waals surface area contributed by atoms with Crippen LogP contribution in [0, 0.1) is 0 Å². The number of benzene rings is 1. The summed E-state index contributed by atoms with van der Waals surface area (Å²) < 4.78 is 10.8. The predicted octanol–water partition coefficient (Wildman–Crippen LogP) is 1.80. The first kappa shape index (κ1) is 14.0. The van der Waals surface area contributed by atoms with Crippen LogP contribution in [0.15, 0.2) is 24.3 Å². The number of hydrogen-bond donors (Lipinski definition) is 2. The number of nitrogens with one attached hydrogen (secondary N) is 1. The van der Waals surface area contributed by atoms with Crippen molar-refractivity contribution in [1.29, 1.82) is 0 Å². The second-order valence-corrected chi connectivity index (χ2v) is 4.58. The third-order valence-corrected chi connectivity index (χ3v) is 3.01. The summed E-state index contributed by atoms with van der Waals surface area (Å²) in [5, 5.41) is 2.80. The van der Waals surface area contributed by atoms with Crippen LogP contribution in [-0.4, -0.2) is 25.2 Å². The minimum atomic E-state index is -0.453. The Bertz CT molecular complexity index is 413. The zero-order chi connectivity index (χ0) is 13.7. The molecule has 1 saturated heterocycles. The lowest BCUT2D eigenvalue weighted by Gasteiger charge is -2.13. The van der Waals surface area contributed by atoms with Crippen LogP contribution in [-0.2, 0) is 14.3 Å². The molecule has 1 fully saturated rings. The molecule has 0 radical (unpaired) electrons. The van der Waals surface area contributed by atoms with E-state index in [0.29, 0.717) is 19.6 Å². The highest BCUT2D eigenvalue weighted by Crippen LogP contribution is 2.24. The van der Waals surface area contributed by atoms with Crippen molar-refractivity contribution in [2.45, 2.75) is 32.1 Å². The van der Waals surface area contributed by atoms with E-state index in [0.717, 1.165) is 17.7 Å². The molecule has 0 spiro atoms. The molecule has 1 aliphatic rings. The Morgan fingerprint density at radius 1 is 1.37 bits per heavy atom. The van der Waals surface area contributed by atoms with Crippen LogP contribution < -0.4 is 11.1 Å². The van der Waals surface area contributed by atoms with Crippen molar-refractivity contribution in [3.8, 4) is 0 Å². The van der Waals surface area contributed by atoms with Gasteiger partial charge in [-0.3, -0.25) is 4.79 Å². The minimum absolute atomic E-state index is 0.150. The van der Waals surface area contributed by atoms with Gasteiger partial charge in [-0.15, -0.1) is 0 Å². The summed E-state index contributed by atoms with van der Waals surface area (Å²) in [6.45, 7) is 3.24. The van der Waals surface area contributed by atoms with E-state index in [9.17, 15) is 4.79 Å². The van der Waals surface area contributed by atoms with E-state index < -0.39 is 6.04 Å². The molecule has 0 saturated carbocycles. The Labute approximate surface area is 113 Å². The maximum atomic E-state index is 11.8. The quantitative estimate of drug-likeness (QED) is 0.850. The highest BCUT2D eigenvalue weighted by Gasteiger charge is 2.18. The van der Waals surface area contributed by atoms with Gasteiger partial charge in [0, 0.05) is 11.3 Å². The lowest BCUT2D eigenvalue weighted by molar-refractivity contribution is -0.117. The van der Waals surface area contributed by atoms with Gasteiger partial charge in [0.25, 0.3) is 0 Å². The molecule has 104 valence electrons. The number of ether oxygens (including phenoxy) is 2. The van der Waals surface area contributed by atoms with Gasteiger partial charge in [0.1, 0.15) is 0 Å². The molecule has 1 aliphatic heterocycles. The molecule has 0 aromatic heterocycles. The summed E-state index contributed by atoms with van der Waals surface area (Å²) in [6, 6.07) is 6.98. The van der Waals surface area contributed by atoms with Crippen LogP contribution in [0.5, 0.6) is 0 Å². The van der Waals surface area contributed by atoms with E-state index in [1.165, 1.54) is 0 Å². The number of rotatable bonds is 5. The molecule has 5 nitrogen and oxygen atoms in total. The summed E-state index contributed by atoms with van der Waals surface area (Å²) in [5.41, 5.74) is 7.44. The van der Waals surface area contributed by atoms with E-state index in [1.54, 1.807) is 0 Å². The monoisotopic (exact) mass is 264 g/mol. The standard InChI is InChI=1S/C14H20N2O3/c1-2-3-12(15)13(17)16-11-6-4-10(5-7-11)14-18-8-9-19-14/h4-7,12,14H,2-3,8-9,15H2,1H3,(H,16,17)/t12-/m0/s1. The zero-order valence-corrected chi connectivity index (χ0v) is 11.1. The van der Waals surface area contributed by atoms with E-state index in [4.69, 9.17) is 15.2 Å². The van der Waals surface area contributed by atoms with E-state index in [1.807, 2.05) is 31.2 Å². The Morgan fingerprint density at radius 2 is 2.00 bits per heavy atom. The van der Waals surface area contributed by atoms with Crippen molar-refractivity contribution in [3.05, 3.63) is 29.8 Å². The normalized spacial score (nSPS) is 17.4. The summed E-state index contributed by atoms with van der Waals surface area (Å²) >= 11 is 0. The largest absolute Gasteiger partial charge is 0.346 e. The van der Waals surface area contributed by atoms with Gasteiger partial charge in [-0.1, -0.05) is 25.5 Å². The first-order valence-electron chi connectivity index (χ1n) is 6.60. The summed E-state index contributed by atoms with van der Waals surface area (Å²) in [4.78, 5) is 11.8. The fourth-order valence-electron chi connectivity index (χ4n) is 1.95. The molecule has 1 aromatic carbocycles. The molecule has 3 N–H and O–H groups in total. The number of hydrogen-bond acceptors (Lipinski definition) is 4. The molecule has 0 aliphatic carbocycles. The zero-order valence-electron chi connectivity index (χ0n) is 11.1. The second kappa shape index (κ2) is 6.65. The molecule has 19 heavy (non-hydrogen) atoms. The molecule has 1 atom stereocenters. The van der Waals surface area contributed by atoms with Crippen LogP contribution in [0.2, 0.25) is 0 Å². The van der Waals surface area contributed by atoms with Gasteiger partial charge in [-0.05, 0) is 18.6 Å². The topological polar surface area (TPSA) is 73.6 Å². The first-order valence-corrected chi connectivity index (χ1v) is 6.60. The molecular weight excluding hydrogens is 244 g/mol. The summed E-state index contributed by atoms with van der Waals surface area (Å²) in [6.07, 6.45) is 1.30. The third kappa shape index (κ3) is 3.76. The molecule has 1 amide bonds. The number of carbonyl (C=O) groups is 1. The van der Waals surface area contributed by atoms with Crippen molar-refractivity contribution < 1.29 is 14.3 Å². The first-order chi connectivity index (χ1) is 9.20. The SMILES string of the molecule is CCC[C@H](N)C(=O)Nc1ccc(C2OCCO2)cc1. The van der Waals surface area contributed by atoms with Gasteiger partial charge in [-0.2, -0.15) is 0 Å². The fraction of sp³-hybridized carbons (Fsp3) is 0.500. The van der Waals surface area contributed by atoms with E-state index in [2.05, 4.69) is 5.32 Å². The fourth-order valence-corrected chi connectivity index (χ4v) is 1.95. The maximum Gasteiger partial charge on any atom is 0.241 e. The van der Waals surface area contributed by atoms with E-state index >= 15 is 0 Å². The third-order valence-electron chi connectivity index (χ3n) is 3.01. The highest BCUT2D eigenvalue weighted by molar-refractivity contribution is 5.94. The number of amides is 1. The van der Waals surface area contributed by atoms with Gasteiger partial charge in [0.05, 0.1) is 19.3 Å². The molecule has 5 heteroatoms. The molecule has 0 unspecified atom stereocenters. The van der Waals surface area contributed by atoms with Gasteiger partial charge < -0.3 is 20.5 Å². The Kier molecular flexibility index (Phi) is 4.90. The average molecular weight is 264 g/mol. The predicted molar refractivity (Wildman–Crippen MR) is 72.6 cm³/mol. The Morgan fingerprint density at radius 3 is 2.58 bits per heavy atom. The Hall–Kier alpha value is -1.43. The van der Waals surface area contributed by atoms with Crippen molar-refractivity contribution in [2.75, 3.05) is 18.5 Å². The van der Waals surface area contributed by atoms with Gasteiger partial charge in [-0.25, -0.2) is 0 Å². The van der Waals surface area contributed by atoms with Gasteiger partial charge in [0.15, 0.2) is 6.29 Å². The van der Waals surface area contributed by atoms with Crippen LogP contribution in [0.3, 0.4) is 0 Å². The highest BCUT2D eigenvalue weighted by atomic mass is 16.7. The molecule has 1 aromatic rings. The molecular formula is C14H20N2O3. The Balaban J connectivity index is 1.92. The van der Waals surface area contributed by atoms with Crippen LogP contribution in [0.1, 0.15) is 31.6 Å². The molecule has 2 rings (SSSR count). The minimum Gasteiger partial charge on any atom is -0.346 e. The van der Waals surface area contributed by atoms with Crippen LogP contribution in [0.4, 0.5) is 5.69 Å². The second-order valence-electron chi connectivity index (χ2n) is 4.58. The number of anilines is 1. The van der Waals surface area contributed by atoms with Crippen LogP contribution in [0.25, 0.3) is 0 Å². The van der Waals surface area contributed by atoms with Crippen molar-refractivity contribution in [3.63, 3.8) is 0 Å². The van der Waals surface area contributed by atoms with Gasteiger partial charge in [0.2, 0.25) is 5.91 Å². The number of nitrogens with two attached hydrogens (primary N) is 1. The lowest BCUT2D eigenvalue weighted by Crippen LogP contribution is -2.35. The maximum absolute atomic E-state index is 11.8. The van der Waals surface area contributed by atoms with Crippen molar-refractivity contribution in [1.82, 2.24) is 0 Å². The summed E-state index contributed by atoms with van der Waals surface area (Å²) in [5.74, 6) is -0.150. The number of carbonyl (C=O) groups excluding carboxylic acids is 1. The smallest absolute Gasteiger partial charge is 0.241 e. The van der Waals surface area contributed by atoms with Gasteiger partial charge >= 0.3 is 0 Å². The van der Waals surface area contributed by atoms with Crippen LogP contribution >= 0.6 is 0 Å². The van der Waals surface area contributed by atoms with Crippen molar-refractivity contribution in [2.24, 2.45) is 5.73 Å². The molecule has 1 heterocycles. The average Bonchev–Trinajstić information content (AvgIpc) is 2.94. The summed E-state index contributed by atoms with van der Waals surface area (Å²) in [7, 11) is 0.